The van der Waals surface area contributed by atoms with Gasteiger partial charge in [0.05, 0.1) is 11.1 Å². The standard InChI is InChI=1S/C11H8ClN5O2S/c12-10-9-8(5-14-17-9)15-11(16-10)6-2-1-3-7(4-6)20(13,18)19/h1-5H,(H,14,17)(H2,13,18,19). The van der Waals surface area contributed by atoms with E-state index in [1.54, 1.807) is 12.1 Å². The van der Waals surface area contributed by atoms with Crippen molar-refractivity contribution in [3.8, 4) is 11.4 Å². The normalized spacial score (nSPS) is 11.9. The third kappa shape index (κ3) is 2.24. The van der Waals surface area contributed by atoms with E-state index in [-0.39, 0.29) is 10.0 Å². The number of primary sulfonamides is 1. The second kappa shape index (κ2) is 4.51. The van der Waals surface area contributed by atoms with Crippen molar-refractivity contribution in [1.82, 2.24) is 20.2 Å². The highest BCUT2D eigenvalue weighted by Crippen LogP contribution is 2.24. The Balaban J connectivity index is 2.20. The van der Waals surface area contributed by atoms with Gasteiger partial charge in [-0.15, -0.1) is 0 Å². The summed E-state index contributed by atoms with van der Waals surface area (Å²) in [5.74, 6) is 0.300. The fraction of sp³-hybridized carbons (Fsp3) is 0. The quantitative estimate of drug-likeness (QED) is 0.693. The largest absolute Gasteiger partial charge is 0.273 e. The van der Waals surface area contributed by atoms with Crippen LogP contribution in [0.1, 0.15) is 0 Å². The van der Waals surface area contributed by atoms with Crippen molar-refractivity contribution in [3.63, 3.8) is 0 Å². The number of nitrogens with zero attached hydrogens (tertiary/aromatic N) is 3. The van der Waals surface area contributed by atoms with Gasteiger partial charge < -0.3 is 0 Å². The van der Waals surface area contributed by atoms with Gasteiger partial charge in [-0.2, -0.15) is 5.10 Å². The van der Waals surface area contributed by atoms with Crippen LogP contribution in [0.2, 0.25) is 5.15 Å². The van der Waals surface area contributed by atoms with Crippen LogP contribution in [-0.4, -0.2) is 28.6 Å². The number of nitrogens with two attached hydrogens (primary N) is 1. The lowest BCUT2D eigenvalue weighted by molar-refractivity contribution is 0.598. The summed E-state index contributed by atoms with van der Waals surface area (Å²) in [7, 11) is -3.78. The molecule has 0 saturated heterocycles. The molecule has 0 aliphatic carbocycles. The van der Waals surface area contributed by atoms with Crippen molar-refractivity contribution in [2.75, 3.05) is 0 Å². The first-order valence-corrected chi connectivity index (χ1v) is 7.37. The molecule has 0 spiro atoms. The van der Waals surface area contributed by atoms with Gasteiger partial charge in [-0.25, -0.2) is 23.5 Å². The third-order valence-corrected chi connectivity index (χ3v) is 3.86. The number of fused-ring (bicyclic) bond motifs is 1. The van der Waals surface area contributed by atoms with Crippen molar-refractivity contribution < 1.29 is 8.42 Å². The Labute approximate surface area is 118 Å². The zero-order chi connectivity index (χ0) is 14.3. The zero-order valence-corrected chi connectivity index (χ0v) is 11.5. The van der Waals surface area contributed by atoms with E-state index in [1.807, 2.05) is 0 Å². The summed E-state index contributed by atoms with van der Waals surface area (Å²) < 4.78 is 22.7. The maximum absolute atomic E-state index is 11.4. The molecule has 0 radical (unpaired) electrons. The number of benzene rings is 1. The maximum Gasteiger partial charge on any atom is 0.238 e. The lowest BCUT2D eigenvalue weighted by atomic mass is 10.2. The average Bonchev–Trinajstić information content (AvgIpc) is 2.87. The molecule has 0 saturated carbocycles. The summed E-state index contributed by atoms with van der Waals surface area (Å²) in [5, 5.41) is 11.8. The Hall–Kier alpha value is -2.03. The number of hydrogen-bond donors (Lipinski definition) is 2. The number of hydrogen-bond acceptors (Lipinski definition) is 5. The topological polar surface area (TPSA) is 115 Å². The number of H-pyrrole nitrogens is 1. The van der Waals surface area contributed by atoms with E-state index in [0.29, 0.717) is 22.4 Å². The Morgan fingerprint density at radius 2 is 2.05 bits per heavy atom. The van der Waals surface area contributed by atoms with E-state index >= 15 is 0 Å². The molecule has 0 amide bonds. The molecule has 1 aromatic carbocycles. The second-order valence-electron chi connectivity index (χ2n) is 4.04. The van der Waals surface area contributed by atoms with Crippen molar-refractivity contribution >= 4 is 32.7 Å². The molecule has 3 rings (SSSR count). The molecule has 3 N–H and O–H groups in total. The summed E-state index contributed by atoms with van der Waals surface area (Å²) in [6, 6.07) is 6.03. The van der Waals surface area contributed by atoms with Crippen molar-refractivity contribution in [3.05, 3.63) is 35.6 Å². The molecule has 2 aromatic heterocycles. The van der Waals surface area contributed by atoms with Crippen LogP contribution in [0.15, 0.2) is 35.4 Å². The lowest BCUT2D eigenvalue weighted by Gasteiger charge is -2.03. The highest BCUT2D eigenvalue weighted by atomic mass is 35.5. The van der Waals surface area contributed by atoms with Gasteiger partial charge in [-0.3, -0.25) is 5.10 Å². The Bertz CT molecular complexity index is 906. The van der Waals surface area contributed by atoms with Gasteiger partial charge >= 0.3 is 0 Å². The van der Waals surface area contributed by atoms with E-state index in [2.05, 4.69) is 20.2 Å². The summed E-state index contributed by atoms with van der Waals surface area (Å²) in [5.41, 5.74) is 1.57. The molecular formula is C11H8ClN5O2S. The van der Waals surface area contributed by atoms with Crippen LogP contribution in [0, 0.1) is 0 Å². The van der Waals surface area contributed by atoms with Crippen LogP contribution < -0.4 is 5.14 Å². The zero-order valence-electron chi connectivity index (χ0n) is 9.91. The number of aromatic nitrogens is 4. The molecule has 20 heavy (non-hydrogen) atoms. The van der Waals surface area contributed by atoms with Gasteiger partial charge in [0.15, 0.2) is 11.0 Å². The monoisotopic (exact) mass is 309 g/mol. The molecular weight excluding hydrogens is 302 g/mol. The number of aromatic amines is 1. The number of rotatable bonds is 2. The number of sulfonamides is 1. The van der Waals surface area contributed by atoms with Gasteiger partial charge in [-0.05, 0) is 12.1 Å². The molecule has 3 aromatic rings. The molecule has 0 bridgehead atoms. The van der Waals surface area contributed by atoms with Crippen molar-refractivity contribution in [2.45, 2.75) is 4.90 Å². The van der Waals surface area contributed by atoms with Gasteiger partial charge in [0.2, 0.25) is 10.0 Å². The van der Waals surface area contributed by atoms with Crippen LogP contribution in [0.5, 0.6) is 0 Å². The van der Waals surface area contributed by atoms with Crippen LogP contribution in [-0.2, 0) is 10.0 Å². The fourth-order valence-electron chi connectivity index (χ4n) is 1.75. The van der Waals surface area contributed by atoms with E-state index in [0.717, 1.165) is 0 Å². The van der Waals surface area contributed by atoms with E-state index < -0.39 is 10.0 Å². The minimum Gasteiger partial charge on any atom is -0.273 e. The SMILES string of the molecule is NS(=O)(=O)c1cccc(-c2nc(Cl)c3[nH]ncc3n2)c1. The summed E-state index contributed by atoms with van der Waals surface area (Å²) in [6.45, 7) is 0. The van der Waals surface area contributed by atoms with Crippen LogP contribution in [0.25, 0.3) is 22.4 Å². The maximum atomic E-state index is 11.4. The molecule has 0 fully saturated rings. The summed E-state index contributed by atoms with van der Waals surface area (Å²) >= 11 is 6.02. The molecule has 0 atom stereocenters. The Morgan fingerprint density at radius 3 is 2.80 bits per heavy atom. The lowest BCUT2D eigenvalue weighted by Crippen LogP contribution is -2.12. The minimum absolute atomic E-state index is 0.0120. The van der Waals surface area contributed by atoms with Crippen molar-refractivity contribution in [2.24, 2.45) is 5.14 Å². The molecule has 102 valence electrons. The molecule has 9 heteroatoms. The first-order chi connectivity index (χ1) is 9.45. The predicted molar refractivity (Wildman–Crippen MR) is 73.5 cm³/mol. The van der Waals surface area contributed by atoms with E-state index in [9.17, 15) is 8.42 Å². The van der Waals surface area contributed by atoms with E-state index in [4.69, 9.17) is 16.7 Å². The van der Waals surface area contributed by atoms with Gasteiger partial charge in [-0.1, -0.05) is 23.7 Å². The van der Waals surface area contributed by atoms with Gasteiger partial charge in [0.25, 0.3) is 0 Å². The molecule has 7 nitrogen and oxygen atoms in total. The number of halogens is 1. The van der Waals surface area contributed by atoms with Crippen LogP contribution >= 0.6 is 11.6 Å². The highest BCUT2D eigenvalue weighted by Gasteiger charge is 2.12. The number of nitrogens with one attached hydrogen (secondary N) is 1. The van der Waals surface area contributed by atoms with Crippen LogP contribution in [0.3, 0.4) is 0 Å². The van der Waals surface area contributed by atoms with E-state index in [1.165, 1.54) is 18.3 Å². The first kappa shape index (κ1) is 13.0. The fourth-order valence-corrected chi connectivity index (χ4v) is 2.52. The molecule has 0 unspecified atom stereocenters. The average molecular weight is 310 g/mol. The van der Waals surface area contributed by atoms with Gasteiger partial charge in [0, 0.05) is 5.56 Å². The minimum atomic E-state index is -3.78. The van der Waals surface area contributed by atoms with Crippen molar-refractivity contribution in [1.29, 1.82) is 0 Å². The Morgan fingerprint density at radius 1 is 1.25 bits per heavy atom. The van der Waals surface area contributed by atoms with Gasteiger partial charge in [0.1, 0.15) is 11.0 Å². The third-order valence-electron chi connectivity index (χ3n) is 2.68. The predicted octanol–water partition coefficient (Wildman–Crippen LogP) is 1.32. The second-order valence-corrected chi connectivity index (χ2v) is 5.96. The van der Waals surface area contributed by atoms with Crippen LogP contribution in [0.4, 0.5) is 0 Å². The smallest absolute Gasteiger partial charge is 0.238 e. The molecule has 0 aliphatic heterocycles. The summed E-state index contributed by atoms with van der Waals surface area (Å²) in [4.78, 5) is 8.37. The highest BCUT2D eigenvalue weighted by molar-refractivity contribution is 7.89. The molecule has 2 heterocycles. The first-order valence-electron chi connectivity index (χ1n) is 5.45. The molecule has 0 aliphatic rings. The summed E-state index contributed by atoms with van der Waals surface area (Å²) in [6.07, 6.45) is 1.51. The Kier molecular flexibility index (Phi) is 2.93.